The number of unbranched alkanes of at least 4 members (excludes halogenated alkanes) is 4. The predicted octanol–water partition coefficient (Wildman–Crippen LogP) is 5.39. The van der Waals surface area contributed by atoms with Crippen molar-refractivity contribution in [1.29, 1.82) is 0 Å². The van der Waals surface area contributed by atoms with E-state index in [-0.39, 0.29) is 0 Å². The van der Waals surface area contributed by atoms with Gasteiger partial charge < -0.3 is 5.32 Å². The summed E-state index contributed by atoms with van der Waals surface area (Å²) >= 11 is 0. The van der Waals surface area contributed by atoms with E-state index in [4.69, 9.17) is 0 Å². The Hall–Kier alpha value is -0.820. The van der Waals surface area contributed by atoms with E-state index in [1.165, 1.54) is 49.7 Å². The van der Waals surface area contributed by atoms with Crippen molar-refractivity contribution in [3.63, 3.8) is 0 Å². The van der Waals surface area contributed by atoms with Crippen molar-refractivity contribution in [3.8, 4) is 0 Å². The minimum absolute atomic E-state index is 0.451. The Morgan fingerprint density at radius 2 is 1.68 bits per heavy atom. The fourth-order valence-electron chi connectivity index (χ4n) is 2.73. The number of benzene rings is 1. The largest absolute Gasteiger partial charge is 0.308 e. The van der Waals surface area contributed by atoms with Crippen LogP contribution in [0.5, 0.6) is 0 Å². The Morgan fingerprint density at radius 1 is 1.00 bits per heavy atom. The molecule has 0 bridgehead atoms. The zero-order valence-corrected chi connectivity index (χ0v) is 13.2. The molecule has 1 aromatic carbocycles. The molecule has 0 aliphatic carbocycles. The second kappa shape index (κ2) is 9.14. The van der Waals surface area contributed by atoms with Crippen LogP contribution in [0, 0.1) is 6.92 Å². The Morgan fingerprint density at radius 3 is 2.37 bits per heavy atom. The summed E-state index contributed by atoms with van der Waals surface area (Å²) in [6.07, 6.45) is 8.16. The molecule has 19 heavy (non-hydrogen) atoms. The Balaban J connectivity index is 2.28. The maximum Gasteiger partial charge on any atom is 0.0296 e. The summed E-state index contributed by atoms with van der Waals surface area (Å²) in [7, 11) is 0. The molecule has 1 rings (SSSR count). The van der Waals surface area contributed by atoms with Crippen LogP contribution in [-0.2, 0) is 0 Å². The van der Waals surface area contributed by atoms with Crippen molar-refractivity contribution >= 4 is 0 Å². The van der Waals surface area contributed by atoms with Gasteiger partial charge in [0, 0.05) is 12.1 Å². The third-order valence-corrected chi connectivity index (χ3v) is 3.93. The average Bonchev–Trinajstić information content (AvgIpc) is 2.39. The summed E-state index contributed by atoms with van der Waals surface area (Å²) in [6, 6.07) is 9.74. The molecule has 0 aromatic heterocycles. The van der Waals surface area contributed by atoms with Crippen molar-refractivity contribution in [2.45, 2.75) is 78.3 Å². The quantitative estimate of drug-likeness (QED) is 0.587. The number of hydrogen-bond acceptors (Lipinski definition) is 1. The lowest BCUT2D eigenvalue weighted by Gasteiger charge is -2.21. The van der Waals surface area contributed by atoms with Gasteiger partial charge in [-0.3, -0.25) is 0 Å². The molecule has 0 spiro atoms. The molecule has 0 fully saturated rings. The van der Waals surface area contributed by atoms with Crippen molar-refractivity contribution in [1.82, 2.24) is 5.32 Å². The van der Waals surface area contributed by atoms with Crippen LogP contribution >= 0.6 is 0 Å². The van der Waals surface area contributed by atoms with Crippen LogP contribution in [0.15, 0.2) is 24.3 Å². The lowest BCUT2D eigenvalue weighted by Crippen LogP contribution is -2.29. The summed E-state index contributed by atoms with van der Waals surface area (Å²) in [5.41, 5.74) is 2.82. The van der Waals surface area contributed by atoms with Crippen molar-refractivity contribution in [2.24, 2.45) is 0 Å². The molecule has 1 unspecified atom stereocenters. The molecule has 0 radical (unpaired) electrons. The van der Waals surface area contributed by atoms with Crippen LogP contribution in [0.4, 0.5) is 0 Å². The van der Waals surface area contributed by atoms with Gasteiger partial charge in [0.05, 0.1) is 0 Å². The van der Waals surface area contributed by atoms with E-state index >= 15 is 0 Å². The normalized spacial score (nSPS) is 14.3. The molecule has 0 amide bonds. The van der Waals surface area contributed by atoms with Gasteiger partial charge in [0.25, 0.3) is 0 Å². The smallest absolute Gasteiger partial charge is 0.0296 e. The molecule has 0 heterocycles. The van der Waals surface area contributed by atoms with Gasteiger partial charge in [-0.05, 0) is 38.3 Å². The Labute approximate surface area is 119 Å². The minimum atomic E-state index is 0.451. The van der Waals surface area contributed by atoms with E-state index in [2.05, 4.69) is 57.3 Å². The van der Waals surface area contributed by atoms with Crippen LogP contribution in [0.25, 0.3) is 0 Å². The van der Waals surface area contributed by atoms with E-state index in [1.807, 2.05) is 0 Å². The molecule has 1 N–H and O–H groups in total. The van der Waals surface area contributed by atoms with Gasteiger partial charge in [0.2, 0.25) is 0 Å². The maximum absolute atomic E-state index is 3.73. The summed E-state index contributed by atoms with van der Waals surface area (Å²) in [6.45, 7) is 9.06. The van der Waals surface area contributed by atoms with E-state index in [0.29, 0.717) is 12.1 Å². The summed E-state index contributed by atoms with van der Waals surface area (Å²) in [5.74, 6) is 0. The van der Waals surface area contributed by atoms with E-state index < -0.39 is 0 Å². The maximum atomic E-state index is 3.73. The molecule has 2 atom stereocenters. The molecule has 0 saturated carbocycles. The van der Waals surface area contributed by atoms with Crippen LogP contribution in [0.1, 0.15) is 76.5 Å². The number of aryl methyl sites for hydroxylation is 1. The fourth-order valence-corrected chi connectivity index (χ4v) is 2.73. The molecule has 1 heteroatoms. The highest BCUT2D eigenvalue weighted by Crippen LogP contribution is 2.18. The van der Waals surface area contributed by atoms with Crippen molar-refractivity contribution in [2.75, 3.05) is 0 Å². The average molecular weight is 261 g/mol. The molecular formula is C18H31N. The van der Waals surface area contributed by atoms with Gasteiger partial charge in [-0.1, -0.05) is 63.3 Å². The molecular weight excluding hydrogens is 230 g/mol. The third kappa shape index (κ3) is 6.24. The second-order valence-corrected chi connectivity index (χ2v) is 5.85. The molecule has 1 aromatic rings. The van der Waals surface area contributed by atoms with E-state index in [9.17, 15) is 0 Å². The Bertz CT molecular complexity index is 345. The minimum Gasteiger partial charge on any atom is -0.308 e. The van der Waals surface area contributed by atoms with Crippen molar-refractivity contribution in [3.05, 3.63) is 35.4 Å². The van der Waals surface area contributed by atoms with E-state index in [1.54, 1.807) is 0 Å². The summed E-state index contributed by atoms with van der Waals surface area (Å²) in [5, 5.41) is 3.73. The monoisotopic (exact) mass is 261 g/mol. The first-order chi connectivity index (χ1) is 9.15. The molecule has 108 valence electrons. The lowest BCUT2D eigenvalue weighted by molar-refractivity contribution is 0.436. The first-order valence-electron chi connectivity index (χ1n) is 7.96. The molecule has 1 nitrogen and oxygen atoms in total. The zero-order valence-electron chi connectivity index (χ0n) is 13.2. The highest BCUT2D eigenvalue weighted by atomic mass is 14.9. The standard InChI is InChI=1S/C18H31N/c1-5-6-7-8-9-13-16(3)19-17(4)18-14-11-10-12-15(18)2/h10-12,14,16-17,19H,5-9,13H2,1-4H3/t16?,17-/m0/s1. The first-order valence-corrected chi connectivity index (χ1v) is 7.96. The lowest BCUT2D eigenvalue weighted by atomic mass is 10.0. The summed E-state index contributed by atoms with van der Waals surface area (Å²) < 4.78 is 0. The predicted molar refractivity (Wildman–Crippen MR) is 85.6 cm³/mol. The van der Waals surface area contributed by atoms with Crippen LogP contribution in [0.3, 0.4) is 0 Å². The molecule has 0 saturated heterocycles. The second-order valence-electron chi connectivity index (χ2n) is 5.85. The van der Waals surface area contributed by atoms with Gasteiger partial charge in [-0.15, -0.1) is 0 Å². The van der Waals surface area contributed by atoms with Gasteiger partial charge >= 0.3 is 0 Å². The van der Waals surface area contributed by atoms with Crippen LogP contribution < -0.4 is 5.32 Å². The van der Waals surface area contributed by atoms with Crippen LogP contribution in [-0.4, -0.2) is 6.04 Å². The number of nitrogens with one attached hydrogen (secondary N) is 1. The van der Waals surface area contributed by atoms with E-state index in [0.717, 1.165) is 0 Å². The third-order valence-electron chi connectivity index (χ3n) is 3.93. The van der Waals surface area contributed by atoms with Gasteiger partial charge in [0.1, 0.15) is 0 Å². The zero-order chi connectivity index (χ0) is 14.1. The molecule has 0 aliphatic rings. The first kappa shape index (κ1) is 16.2. The summed E-state index contributed by atoms with van der Waals surface area (Å²) in [4.78, 5) is 0. The van der Waals surface area contributed by atoms with Gasteiger partial charge in [0.15, 0.2) is 0 Å². The van der Waals surface area contributed by atoms with Crippen molar-refractivity contribution < 1.29 is 0 Å². The topological polar surface area (TPSA) is 12.0 Å². The van der Waals surface area contributed by atoms with Crippen LogP contribution in [0.2, 0.25) is 0 Å². The van der Waals surface area contributed by atoms with Gasteiger partial charge in [-0.2, -0.15) is 0 Å². The number of rotatable bonds is 9. The highest BCUT2D eigenvalue weighted by molar-refractivity contribution is 5.28. The Kier molecular flexibility index (Phi) is 7.81. The van der Waals surface area contributed by atoms with Gasteiger partial charge in [-0.25, -0.2) is 0 Å². The molecule has 0 aliphatic heterocycles. The fraction of sp³-hybridized carbons (Fsp3) is 0.667. The number of hydrogen-bond donors (Lipinski definition) is 1. The highest BCUT2D eigenvalue weighted by Gasteiger charge is 2.10. The SMILES string of the molecule is CCCCCCCC(C)N[C@@H](C)c1ccccc1C.